The van der Waals surface area contributed by atoms with Gasteiger partial charge in [0.15, 0.2) is 5.82 Å². The van der Waals surface area contributed by atoms with E-state index in [-0.39, 0.29) is 5.82 Å². The first kappa shape index (κ1) is 20.3. The molecule has 4 heteroatoms. The zero-order valence-corrected chi connectivity index (χ0v) is 16.6. The fraction of sp³-hybridized carbons (Fsp3) is 0.545. The van der Waals surface area contributed by atoms with Crippen LogP contribution in [-0.2, 0) is 6.54 Å². The summed E-state index contributed by atoms with van der Waals surface area (Å²) in [6, 6.07) is 1.73. The highest BCUT2D eigenvalue weighted by atomic mass is 19.1. The van der Waals surface area contributed by atoms with Crippen LogP contribution in [0.1, 0.15) is 66.2 Å². The highest BCUT2D eigenvalue weighted by molar-refractivity contribution is 5.56. The molecular formula is C22H32FN3. The number of hydrogen-bond donors (Lipinski definition) is 0. The van der Waals surface area contributed by atoms with Crippen molar-refractivity contribution in [2.24, 2.45) is 5.92 Å². The number of pyridine rings is 1. The second-order valence-corrected chi connectivity index (χ2v) is 6.81. The Morgan fingerprint density at radius 2 is 1.92 bits per heavy atom. The van der Waals surface area contributed by atoms with Crippen LogP contribution < -0.4 is 10.7 Å². The lowest BCUT2D eigenvalue weighted by Crippen LogP contribution is -2.32. The first-order valence-electron chi connectivity index (χ1n) is 10.0. The van der Waals surface area contributed by atoms with E-state index in [1.54, 1.807) is 12.3 Å². The van der Waals surface area contributed by atoms with E-state index in [0.717, 1.165) is 42.3 Å². The van der Waals surface area contributed by atoms with Gasteiger partial charge >= 0.3 is 0 Å². The maximum Gasteiger partial charge on any atom is 0.152 e. The van der Waals surface area contributed by atoms with Gasteiger partial charge in [-0.2, -0.15) is 0 Å². The summed E-state index contributed by atoms with van der Waals surface area (Å²) in [6.45, 7) is 9.59. The second-order valence-electron chi connectivity index (χ2n) is 6.81. The number of rotatable bonds is 9. The van der Waals surface area contributed by atoms with Gasteiger partial charge in [0.1, 0.15) is 5.82 Å². The number of unbranched alkanes of at least 4 members (excludes halogenated alkanes) is 1. The minimum absolute atomic E-state index is 0.313. The standard InChI is InChI=1S/C22H32FN3/c1-5-9-12-17(8-4)16-26-21(11-7-3)20(10-6-2)25-22(26)18-13-14-24-15-19(18)23/h10-11,13-15,17H,5-9,12,16H2,1-4H3/b20-10+,21-11+/t17-/m0/s1. The van der Waals surface area contributed by atoms with E-state index < -0.39 is 0 Å². The highest BCUT2D eigenvalue weighted by Gasteiger charge is 2.17. The third kappa shape index (κ3) is 4.80. The summed E-state index contributed by atoms with van der Waals surface area (Å²) in [5, 5.41) is 2.08. The molecule has 0 N–H and O–H groups in total. The summed E-state index contributed by atoms with van der Waals surface area (Å²) in [5.74, 6) is 0.983. The van der Waals surface area contributed by atoms with Crippen molar-refractivity contribution in [3.63, 3.8) is 0 Å². The molecule has 0 bridgehead atoms. The topological polar surface area (TPSA) is 30.7 Å². The molecule has 142 valence electrons. The first-order chi connectivity index (χ1) is 12.7. The largest absolute Gasteiger partial charge is 0.324 e. The van der Waals surface area contributed by atoms with Gasteiger partial charge in [0, 0.05) is 12.7 Å². The number of imidazole rings is 1. The molecule has 0 saturated heterocycles. The summed E-state index contributed by atoms with van der Waals surface area (Å²) in [7, 11) is 0. The minimum atomic E-state index is -0.313. The van der Waals surface area contributed by atoms with Crippen molar-refractivity contribution in [3.8, 4) is 11.4 Å². The van der Waals surface area contributed by atoms with Crippen molar-refractivity contribution in [2.75, 3.05) is 0 Å². The molecular weight excluding hydrogens is 325 g/mol. The smallest absolute Gasteiger partial charge is 0.152 e. The van der Waals surface area contributed by atoms with E-state index in [1.165, 1.54) is 25.5 Å². The molecule has 0 radical (unpaired) electrons. The van der Waals surface area contributed by atoms with E-state index in [9.17, 15) is 4.39 Å². The van der Waals surface area contributed by atoms with Gasteiger partial charge in [0.25, 0.3) is 0 Å². The van der Waals surface area contributed by atoms with Crippen LogP contribution in [0.5, 0.6) is 0 Å². The zero-order chi connectivity index (χ0) is 18.9. The van der Waals surface area contributed by atoms with E-state index in [1.807, 2.05) is 0 Å². The fourth-order valence-corrected chi connectivity index (χ4v) is 3.36. The summed E-state index contributed by atoms with van der Waals surface area (Å²) >= 11 is 0. The maximum atomic E-state index is 14.5. The normalized spacial score (nSPS) is 14.2. The van der Waals surface area contributed by atoms with Crippen LogP contribution in [0, 0.1) is 11.7 Å². The molecule has 0 saturated carbocycles. The molecule has 0 spiro atoms. The van der Waals surface area contributed by atoms with E-state index in [2.05, 4.69) is 49.4 Å². The average Bonchev–Trinajstić information content (AvgIpc) is 2.97. The molecule has 26 heavy (non-hydrogen) atoms. The van der Waals surface area contributed by atoms with E-state index in [0.29, 0.717) is 11.5 Å². The van der Waals surface area contributed by atoms with Gasteiger partial charge < -0.3 is 4.57 Å². The first-order valence-corrected chi connectivity index (χ1v) is 10.0. The number of nitrogens with zero attached hydrogens (tertiary/aromatic N) is 3. The molecule has 0 amide bonds. The zero-order valence-electron chi connectivity index (χ0n) is 16.6. The van der Waals surface area contributed by atoms with Crippen molar-refractivity contribution in [3.05, 3.63) is 35.0 Å². The predicted octanol–water partition coefficient (Wildman–Crippen LogP) is 4.68. The number of hydrogen-bond acceptors (Lipinski definition) is 2. The third-order valence-electron chi connectivity index (χ3n) is 4.83. The second kappa shape index (κ2) is 10.2. The molecule has 2 rings (SSSR count). The Morgan fingerprint density at radius 3 is 2.54 bits per heavy atom. The van der Waals surface area contributed by atoms with Crippen molar-refractivity contribution >= 4 is 12.2 Å². The average molecular weight is 358 g/mol. The van der Waals surface area contributed by atoms with Gasteiger partial charge in [-0.25, -0.2) is 9.37 Å². The van der Waals surface area contributed by atoms with Crippen molar-refractivity contribution in [1.82, 2.24) is 14.5 Å². The van der Waals surface area contributed by atoms with Gasteiger partial charge in [-0.15, -0.1) is 0 Å². The summed E-state index contributed by atoms with van der Waals surface area (Å²) < 4.78 is 16.7. The summed E-state index contributed by atoms with van der Waals surface area (Å²) in [5.41, 5.74) is 0.534. The molecule has 3 nitrogen and oxygen atoms in total. The van der Waals surface area contributed by atoms with Gasteiger partial charge in [0.2, 0.25) is 0 Å². The highest BCUT2D eigenvalue weighted by Crippen LogP contribution is 2.21. The van der Waals surface area contributed by atoms with Crippen LogP contribution in [-0.4, -0.2) is 14.5 Å². The van der Waals surface area contributed by atoms with Crippen LogP contribution in [0.2, 0.25) is 0 Å². The Kier molecular flexibility index (Phi) is 8.02. The van der Waals surface area contributed by atoms with E-state index in [4.69, 9.17) is 4.98 Å². The van der Waals surface area contributed by atoms with Crippen LogP contribution in [0.3, 0.4) is 0 Å². The predicted molar refractivity (Wildman–Crippen MR) is 107 cm³/mol. The van der Waals surface area contributed by atoms with E-state index >= 15 is 0 Å². The van der Waals surface area contributed by atoms with Crippen LogP contribution in [0.4, 0.5) is 4.39 Å². The van der Waals surface area contributed by atoms with Crippen LogP contribution in [0.15, 0.2) is 18.5 Å². The van der Waals surface area contributed by atoms with Crippen molar-refractivity contribution in [1.29, 1.82) is 0 Å². The molecule has 0 aromatic carbocycles. The van der Waals surface area contributed by atoms with Gasteiger partial charge in [-0.3, -0.25) is 4.98 Å². The molecule has 2 aromatic rings. The Bertz CT molecular complexity index is 807. The SMILES string of the molecule is CC/C=c1/nc(-c2ccncc2F)n(C[C@@H](CC)CCCC)/c1=C/CC. The number of halogens is 1. The van der Waals surface area contributed by atoms with Gasteiger partial charge in [-0.05, 0) is 31.2 Å². The van der Waals surface area contributed by atoms with Crippen molar-refractivity contribution < 1.29 is 4.39 Å². The minimum Gasteiger partial charge on any atom is -0.324 e. The maximum absolute atomic E-state index is 14.5. The lowest BCUT2D eigenvalue weighted by molar-refractivity contribution is 0.388. The lowest BCUT2D eigenvalue weighted by Gasteiger charge is -2.17. The molecule has 0 aliphatic heterocycles. The van der Waals surface area contributed by atoms with Gasteiger partial charge in [-0.1, -0.05) is 59.1 Å². The molecule has 2 heterocycles. The Labute approximate surface area is 156 Å². The molecule has 0 fully saturated rings. The molecule has 0 unspecified atom stereocenters. The Balaban J connectivity index is 2.64. The van der Waals surface area contributed by atoms with Crippen LogP contribution >= 0.6 is 0 Å². The third-order valence-corrected chi connectivity index (χ3v) is 4.83. The quantitative estimate of drug-likeness (QED) is 0.652. The molecule has 1 atom stereocenters. The monoisotopic (exact) mass is 357 g/mol. The van der Waals surface area contributed by atoms with Crippen LogP contribution in [0.25, 0.3) is 23.5 Å². The lowest BCUT2D eigenvalue weighted by atomic mass is 9.99. The fourth-order valence-electron chi connectivity index (χ4n) is 3.36. The Morgan fingerprint density at radius 1 is 1.15 bits per heavy atom. The van der Waals surface area contributed by atoms with Gasteiger partial charge in [0.05, 0.1) is 22.5 Å². The summed E-state index contributed by atoms with van der Waals surface area (Å²) in [4.78, 5) is 8.72. The molecule has 2 aromatic heterocycles. The number of aromatic nitrogens is 3. The summed E-state index contributed by atoms with van der Waals surface area (Å²) in [6.07, 6.45) is 13.8. The Hall–Kier alpha value is -1.97. The molecule has 0 aliphatic rings. The molecule has 0 aliphatic carbocycles. The van der Waals surface area contributed by atoms with Crippen molar-refractivity contribution in [2.45, 2.75) is 72.8 Å².